The van der Waals surface area contributed by atoms with E-state index in [1.54, 1.807) is 0 Å². The topological polar surface area (TPSA) is 76.7 Å². The summed E-state index contributed by atoms with van der Waals surface area (Å²) in [5.74, 6) is 1.51. The number of nitrogens with two attached hydrogens (primary N) is 1. The smallest absolute Gasteiger partial charge is 0.161 e. The number of rotatable bonds is 4. The first-order chi connectivity index (χ1) is 8.76. The number of likely N-dealkylation sites (N-methyl/N-ethyl adjacent to an activating group) is 1. The Kier molecular flexibility index (Phi) is 4.41. The van der Waals surface area contributed by atoms with Crippen molar-refractivity contribution in [2.24, 2.45) is 5.73 Å². The molecule has 100 valence electrons. The summed E-state index contributed by atoms with van der Waals surface area (Å²) in [5, 5.41) is 12.3. The molecule has 0 saturated carbocycles. The van der Waals surface area contributed by atoms with Gasteiger partial charge in [-0.2, -0.15) is 0 Å². The van der Waals surface area contributed by atoms with Gasteiger partial charge in [-0.15, -0.1) is 0 Å². The zero-order chi connectivity index (χ0) is 13.0. The maximum Gasteiger partial charge on any atom is 0.161 e. The van der Waals surface area contributed by atoms with Crippen molar-refractivity contribution in [1.29, 1.82) is 0 Å². The molecule has 5 heteroatoms. The van der Waals surface area contributed by atoms with Crippen molar-refractivity contribution in [2.45, 2.75) is 18.5 Å². The first-order valence-corrected chi connectivity index (χ1v) is 6.19. The Labute approximate surface area is 107 Å². The molecular weight excluding hydrogens is 232 g/mol. The number of aliphatic hydroxyl groups is 1. The van der Waals surface area contributed by atoms with Crippen molar-refractivity contribution in [3.05, 3.63) is 23.8 Å². The third-order valence-electron chi connectivity index (χ3n) is 3.08. The van der Waals surface area contributed by atoms with E-state index in [-0.39, 0.29) is 18.7 Å². The van der Waals surface area contributed by atoms with E-state index in [0.29, 0.717) is 13.2 Å². The van der Waals surface area contributed by atoms with Crippen LogP contribution in [0, 0.1) is 0 Å². The molecule has 0 aromatic heterocycles. The molecule has 5 nitrogen and oxygen atoms in total. The first kappa shape index (κ1) is 13.1. The summed E-state index contributed by atoms with van der Waals surface area (Å²) in [4.78, 5) is 0. The van der Waals surface area contributed by atoms with Crippen LogP contribution in [0.1, 0.15) is 18.0 Å². The van der Waals surface area contributed by atoms with Crippen LogP contribution in [0.15, 0.2) is 18.2 Å². The number of benzene rings is 1. The molecule has 0 amide bonds. The Balaban J connectivity index is 2.26. The molecule has 1 aromatic carbocycles. The third kappa shape index (κ3) is 2.75. The second-order valence-corrected chi connectivity index (χ2v) is 4.37. The van der Waals surface area contributed by atoms with Gasteiger partial charge in [0.15, 0.2) is 11.5 Å². The molecule has 1 heterocycles. The molecule has 0 bridgehead atoms. The van der Waals surface area contributed by atoms with Gasteiger partial charge in [0.2, 0.25) is 0 Å². The summed E-state index contributed by atoms with van der Waals surface area (Å²) >= 11 is 0. The van der Waals surface area contributed by atoms with Crippen LogP contribution < -0.4 is 20.5 Å². The van der Waals surface area contributed by atoms with E-state index >= 15 is 0 Å². The van der Waals surface area contributed by atoms with Gasteiger partial charge in [0.1, 0.15) is 0 Å². The predicted molar refractivity (Wildman–Crippen MR) is 68.9 cm³/mol. The molecule has 2 unspecified atom stereocenters. The van der Waals surface area contributed by atoms with Crippen LogP contribution in [0.25, 0.3) is 0 Å². The molecule has 0 spiro atoms. The van der Waals surface area contributed by atoms with Crippen molar-refractivity contribution in [3.8, 4) is 11.5 Å². The third-order valence-corrected chi connectivity index (χ3v) is 3.08. The number of aliphatic hydroxyl groups excluding tert-OH is 1. The van der Waals surface area contributed by atoms with Gasteiger partial charge < -0.3 is 25.6 Å². The summed E-state index contributed by atoms with van der Waals surface area (Å²) in [6.07, 6.45) is 0.885. The highest BCUT2D eigenvalue weighted by molar-refractivity contribution is 5.44. The lowest BCUT2D eigenvalue weighted by Crippen LogP contribution is -2.38. The van der Waals surface area contributed by atoms with Crippen LogP contribution >= 0.6 is 0 Å². The monoisotopic (exact) mass is 252 g/mol. The Morgan fingerprint density at radius 1 is 1.33 bits per heavy atom. The van der Waals surface area contributed by atoms with Gasteiger partial charge in [0, 0.05) is 18.5 Å². The normalized spacial score (nSPS) is 17.9. The van der Waals surface area contributed by atoms with Crippen LogP contribution in [0.4, 0.5) is 0 Å². The number of fused-ring (bicyclic) bond motifs is 1. The number of ether oxygens (including phenoxy) is 2. The molecule has 2 atom stereocenters. The van der Waals surface area contributed by atoms with Gasteiger partial charge in [-0.1, -0.05) is 6.07 Å². The quantitative estimate of drug-likeness (QED) is 0.724. The van der Waals surface area contributed by atoms with Crippen LogP contribution in [0.3, 0.4) is 0 Å². The lowest BCUT2D eigenvalue weighted by Gasteiger charge is -2.23. The van der Waals surface area contributed by atoms with Crippen molar-refractivity contribution < 1.29 is 14.6 Å². The van der Waals surface area contributed by atoms with E-state index in [4.69, 9.17) is 20.3 Å². The van der Waals surface area contributed by atoms with Crippen LogP contribution in [-0.4, -0.2) is 38.0 Å². The highest BCUT2D eigenvalue weighted by Gasteiger charge is 2.20. The zero-order valence-electron chi connectivity index (χ0n) is 10.6. The Morgan fingerprint density at radius 2 is 2.06 bits per heavy atom. The fourth-order valence-electron chi connectivity index (χ4n) is 2.11. The zero-order valence-corrected chi connectivity index (χ0v) is 10.6. The average molecular weight is 252 g/mol. The maximum absolute atomic E-state index is 9.16. The van der Waals surface area contributed by atoms with E-state index < -0.39 is 0 Å². The summed E-state index contributed by atoms with van der Waals surface area (Å²) < 4.78 is 11.2. The fraction of sp³-hybridized carbons (Fsp3) is 0.538. The number of hydrogen-bond acceptors (Lipinski definition) is 5. The fourth-order valence-corrected chi connectivity index (χ4v) is 2.11. The SMILES string of the molecule is CNC(c1ccc2c(c1)OCCCO2)C(N)CO. The standard InChI is InChI=1S/C13H20N2O3/c1-15-13(10(14)8-16)9-3-4-11-12(7-9)18-6-2-5-17-11/h3-4,7,10,13,15-16H,2,5-6,8,14H2,1H3. The molecule has 2 rings (SSSR count). The molecule has 1 aliphatic heterocycles. The summed E-state index contributed by atoms with van der Waals surface area (Å²) in [7, 11) is 1.82. The number of nitrogens with one attached hydrogen (secondary N) is 1. The highest BCUT2D eigenvalue weighted by atomic mass is 16.5. The first-order valence-electron chi connectivity index (χ1n) is 6.19. The minimum atomic E-state index is -0.347. The van der Waals surface area contributed by atoms with Crippen molar-refractivity contribution in [3.63, 3.8) is 0 Å². The molecule has 0 fully saturated rings. The van der Waals surface area contributed by atoms with Crippen LogP contribution in [0.5, 0.6) is 11.5 Å². The lowest BCUT2D eigenvalue weighted by molar-refractivity contribution is 0.240. The molecule has 1 aliphatic rings. The van der Waals surface area contributed by atoms with E-state index in [1.165, 1.54) is 0 Å². The predicted octanol–water partition coefficient (Wildman–Crippen LogP) is 0.428. The summed E-state index contributed by atoms with van der Waals surface area (Å²) in [6.45, 7) is 1.27. The minimum absolute atomic E-state index is 0.0695. The van der Waals surface area contributed by atoms with Crippen molar-refractivity contribution in [1.82, 2.24) is 5.32 Å². The molecule has 0 radical (unpaired) electrons. The van der Waals surface area contributed by atoms with E-state index in [1.807, 2.05) is 25.2 Å². The maximum atomic E-state index is 9.16. The molecule has 0 saturated heterocycles. The van der Waals surface area contributed by atoms with Gasteiger partial charge in [-0.25, -0.2) is 0 Å². The van der Waals surface area contributed by atoms with Gasteiger partial charge >= 0.3 is 0 Å². The van der Waals surface area contributed by atoms with Crippen LogP contribution in [0.2, 0.25) is 0 Å². The Hall–Kier alpha value is -1.30. The van der Waals surface area contributed by atoms with E-state index in [9.17, 15) is 0 Å². The second-order valence-electron chi connectivity index (χ2n) is 4.37. The van der Waals surface area contributed by atoms with Gasteiger partial charge in [-0.05, 0) is 24.7 Å². The van der Waals surface area contributed by atoms with E-state index in [0.717, 1.165) is 23.5 Å². The highest BCUT2D eigenvalue weighted by Crippen LogP contribution is 2.32. The van der Waals surface area contributed by atoms with Gasteiger partial charge in [0.25, 0.3) is 0 Å². The minimum Gasteiger partial charge on any atom is -0.490 e. The van der Waals surface area contributed by atoms with Gasteiger partial charge in [0.05, 0.1) is 19.8 Å². The molecule has 1 aromatic rings. The van der Waals surface area contributed by atoms with Gasteiger partial charge in [-0.3, -0.25) is 0 Å². The van der Waals surface area contributed by atoms with Crippen LogP contribution in [-0.2, 0) is 0 Å². The summed E-state index contributed by atoms with van der Waals surface area (Å²) in [5.41, 5.74) is 6.87. The molecule has 0 aliphatic carbocycles. The largest absolute Gasteiger partial charge is 0.490 e. The second kappa shape index (κ2) is 6.04. The molecular formula is C13H20N2O3. The molecule has 18 heavy (non-hydrogen) atoms. The Morgan fingerprint density at radius 3 is 2.72 bits per heavy atom. The van der Waals surface area contributed by atoms with Crippen molar-refractivity contribution in [2.75, 3.05) is 26.9 Å². The van der Waals surface area contributed by atoms with E-state index in [2.05, 4.69) is 5.32 Å². The summed E-state index contributed by atoms with van der Waals surface area (Å²) in [6, 6.07) is 5.32. The number of hydrogen-bond donors (Lipinski definition) is 3. The molecule has 4 N–H and O–H groups in total. The lowest BCUT2D eigenvalue weighted by atomic mass is 10.00. The average Bonchev–Trinajstić information content (AvgIpc) is 2.64. The van der Waals surface area contributed by atoms with Crippen molar-refractivity contribution >= 4 is 0 Å². The Bertz CT molecular complexity index is 398.